The summed E-state index contributed by atoms with van der Waals surface area (Å²) in [6.07, 6.45) is 1.63. The van der Waals surface area contributed by atoms with E-state index in [1.54, 1.807) is 13.1 Å². The highest BCUT2D eigenvalue weighted by atomic mass is 16.5. The molecule has 2 heterocycles. The van der Waals surface area contributed by atoms with E-state index < -0.39 is 5.97 Å². The van der Waals surface area contributed by atoms with Crippen molar-refractivity contribution in [1.82, 2.24) is 9.55 Å². The van der Waals surface area contributed by atoms with Gasteiger partial charge in [-0.05, 0) is 37.6 Å². The lowest BCUT2D eigenvalue weighted by atomic mass is 10.1. The molecule has 0 aliphatic carbocycles. The van der Waals surface area contributed by atoms with Gasteiger partial charge >= 0.3 is 5.97 Å². The number of pyridine rings is 1. The van der Waals surface area contributed by atoms with Crippen LogP contribution in [0.5, 0.6) is 5.75 Å². The molecule has 0 saturated heterocycles. The van der Waals surface area contributed by atoms with Gasteiger partial charge in [-0.1, -0.05) is 30.3 Å². The van der Waals surface area contributed by atoms with E-state index in [0.717, 1.165) is 27.5 Å². The number of aryl methyl sites for hydroxylation is 1. The maximum atomic E-state index is 12.2. The Kier molecular flexibility index (Phi) is 3.84. The zero-order valence-electron chi connectivity index (χ0n) is 14.6. The summed E-state index contributed by atoms with van der Waals surface area (Å²) < 4.78 is 6.99. The molecule has 26 heavy (non-hydrogen) atoms. The Bertz CT molecular complexity index is 1130. The van der Waals surface area contributed by atoms with Gasteiger partial charge in [-0.2, -0.15) is 0 Å². The van der Waals surface area contributed by atoms with Crippen LogP contribution in [0.1, 0.15) is 23.0 Å². The second kappa shape index (κ2) is 6.19. The second-order valence-electron chi connectivity index (χ2n) is 6.08. The summed E-state index contributed by atoms with van der Waals surface area (Å²) in [5, 5.41) is 12.7. The zero-order valence-corrected chi connectivity index (χ0v) is 14.6. The van der Waals surface area contributed by atoms with Gasteiger partial charge in [0.25, 0.3) is 0 Å². The molecule has 130 valence electrons. The molecule has 4 rings (SSSR count). The highest BCUT2D eigenvalue weighted by Crippen LogP contribution is 2.39. The molecule has 0 amide bonds. The molecule has 2 aromatic carbocycles. The van der Waals surface area contributed by atoms with E-state index in [1.165, 1.54) is 0 Å². The number of para-hydroxylation sites is 1. The predicted octanol–water partition coefficient (Wildman–Crippen LogP) is 4.37. The number of carbonyl (C=O) groups is 1. The molecular weight excluding hydrogens is 328 g/mol. The van der Waals surface area contributed by atoms with E-state index in [2.05, 4.69) is 4.98 Å². The lowest BCUT2D eigenvalue weighted by Gasteiger charge is -2.10. The van der Waals surface area contributed by atoms with Crippen molar-refractivity contribution in [3.8, 4) is 11.4 Å². The van der Waals surface area contributed by atoms with Gasteiger partial charge in [-0.25, -0.2) is 9.78 Å². The number of benzene rings is 2. The van der Waals surface area contributed by atoms with Crippen molar-refractivity contribution in [1.29, 1.82) is 0 Å². The Morgan fingerprint density at radius 2 is 1.92 bits per heavy atom. The van der Waals surface area contributed by atoms with Crippen LogP contribution in [-0.4, -0.2) is 27.2 Å². The molecule has 4 aromatic rings. The van der Waals surface area contributed by atoms with E-state index in [4.69, 9.17) is 4.74 Å². The summed E-state index contributed by atoms with van der Waals surface area (Å²) in [6, 6.07) is 15.7. The van der Waals surface area contributed by atoms with Gasteiger partial charge in [0.05, 0.1) is 12.1 Å². The van der Waals surface area contributed by atoms with E-state index in [9.17, 15) is 9.90 Å². The smallest absolute Gasteiger partial charge is 0.360 e. The molecular formula is C21H18N2O3. The van der Waals surface area contributed by atoms with Crippen molar-refractivity contribution in [3.05, 3.63) is 66.0 Å². The fourth-order valence-electron chi connectivity index (χ4n) is 3.40. The number of carbonyl (C=O) groups excluding carboxylic acids is 1. The molecule has 0 fully saturated rings. The van der Waals surface area contributed by atoms with Crippen LogP contribution in [0.2, 0.25) is 0 Å². The van der Waals surface area contributed by atoms with Crippen LogP contribution in [-0.2, 0) is 4.74 Å². The molecule has 1 N–H and O–H groups in total. The number of esters is 1. The monoisotopic (exact) mass is 346 g/mol. The Labute approximate surface area is 150 Å². The summed E-state index contributed by atoms with van der Waals surface area (Å²) in [5.41, 5.74) is 3.40. The molecule has 5 heteroatoms. The topological polar surface area (TPSA) is 64.3 Å². The lowest BCUT2D eigenvalue weighted by molar-refractivity contribution is 0.0516. The van der Waals surface area contributed by atoms with Gasteiger partial charge in [-0.3, -0.25) is 0 Å². The van der Waals surface area contributed by atoms with Crippen molar-refractivity contribution in [2.45, 2.75) is 13.8 Å². The summed E-state index contributed by atoms with van der Waals surface area (Å²) >= 11 is 0. The number of fused-ring (bicyclic) bond motifs is 3. The minimum absolute atomic E-state index is 0.0722. The lowest BCUT2D eigenvalue weighted by Crippen LogP contribution is -2.08. The fourth-order valence-corrected chi connectivity index (χ4v) is 3.40. The van der Waals surface area contributed by atoms with Gasteiger partial charge in [0, 0.05) is 22.7 Å². The standard InChI is InChI=1S/C21H18N2O3/c1-3-26-21(25)18-20(24)19-15(12-22-18)17-13(2)8-7-11-16(17)23(19)14-9-5-4-6-10-14/h4-12,24H,3H2,1-2H3. The van der Waals surface area contributed by atoms with E-state index in [0.29, 0.717) is 5.52 Å². The predicted molar refractivity (Wildman–Crippen MR) is 101 cm³/mol. The first-order chi connectivity index (χ1) is 12.6. The maximum Gasteiger partial charge on any atom is 0.360 e. The minimum atomic E-state index is -0.631. The molecule has 5 nitrogen and oxygen atoms in total. The summed E-state index contributed by atoms with van der Waals surface area (Å²) in [7, 11) is 0. The van der Waals surface area contributed by atoms with Gasteiger partial charge in [0.15, 0.2) is 11.4 Å². The van der Waals surface area contributed by atoms with E-state index >= 15 is 0 Å². The number of hydrogen-bond donors (Lipinski definition) is 1. The molecule has 0 atom stereocenters. The number of aromatic nitrogens is 2. The Balaban J connectivity index is 2.16. The molecule has 0 unspecified atom stereocenters. The van der Waals surface area contributed by atoms with Crippen molar-refractivity contribution >= 4 is 27.8 Å². The van der Waals surface area contributed by atoms with Crippen molar-refractivity contribution in [2.24, 2.45) is 0 Å². The molecule has 0 aliphatic rings. The molecule has 0 saturated carbocycles. The third kappa shape index (κ3) is 2.32. The van der Waals surface area contributed by atoms with Crippen LogP contribution >= 0.6 is 0 Å². The van der Waals surface area contributed by atoms with Crippen LogP contribution < -0.4 is 0 Å². The van der Waals surface area contributed by atoms with Crippen molar-refractivity contribution in [3.63, 3.8) is 0 Å². The van der Waals surface area contributed by atoms with Gasteiger partial charge in [-0.15, -0.1) is 0 Å². The first-order valence-electron chi connectivity index (χ1n) is 8.47. The number of ether oxygens (including phenoxy) is 1. The van der Waals surface area contributed by atoms with E-state index in [1.807, 2.05) is 60.0 Å². The quantitative estimate of drug-likeness (QED) is 0.560. The Morgan fingerprint density at radius 1 is 1.15 bits per heavy atom. The highest BCUT2D eigenvalue weighted by Gasteiger charge is 2.23. The Hall–Kier alpha value is -3.34. The van der Waals surface area contributed by atoms with Crippen LogP contribution in [0, 0.1) is 6.92 Å². The average molecular weight is 346 g/mol. The molecule has 0 aliphatic heterocycles. The molecule has 0 radical (unpaired) electrons. The van der Waals surface area contributed by atoms with Crippen LogP contribution in [0.15, 0.2) is 54.7 Å². The number of aromatic hydroxyl groups is 1. The second-order valence-corrected chi connectivity index (χ2v) is 6.08. The summed E-state index contributed by atoms with van der Waals surface area (Å²) in [4.78, 5) is 16.4. The summed E-state index contributed by atoms with van der Waals surface area (Å²) in [5.74, 6) is -0.797. The van der Waals surface area contributed by atoms with E-state index in [-0.39, 0.29) is 18.1 Å². The number of hydrogen-bond acceptors (Lipinski definition) is 4. The average Bonchev–Trinajstić information content (AvgIpc) is 2.99. The highest BCUT2D eigenvalue weighted by molar-refractivity contribution is 6.14. The maximum absolute atomic E-state index is 12.2. The normalized spacial score (nSPS) is 11.2. The van der Waals surface area contributed by atoms with Gasteiger partial charge in [0.1, 0.15) is 5.52 Å². The van der Waals surface area contributed by atoms with Crippen LogP contribution in [0.25, 0.3) is 27.5 Å². The van der Waals surface area contributed by atoms with Crippen molar-refractivity contribution < 1.29 is 14.6 Å². The third-order valence-electron chi connectivity index (χ3n) is 4.49. The Morgan fingerprint density at radius 3 is 2.65 bits per heavy atom. The first-order valence-corrected chi connectivity index (χ1v) is 8.47. The van der Waals surface area contributed by atoms with Gasteiger partial charge < -0.3 is 14.4 Å². The molecule has 2 aromatic heterocycles. The van der Waals surface area contributed by atoms with Crippen LogP contribution in [0.4, 0.5) is 0 Å². The molecule has 0 bridgehead atoms. The summed E-state index contributed by atoms with van der Waals surface area (Å²) in [6.45, 7) is 3.96. The SMILES string of the molecule is CCOC(=O)c1ncc2c3c(C)cccc3n(-c3ccccc3)c2c1O. The minimum Gasteiger partial charge on any atom is -0.504 e. The molecule has 0 spiro atoms. The zero-order chi connectivity index (χ0) is 18.3. The van der Waals surface area contributed by atoms with Gasteiger partial charge in [0.2, 0.25) is 0 Å². The largest absolute Gasteiger partial charge is 0.504 e. The third-order valence-corrected chi connectivity index (χ3v) is 4.49. The number of nitrogens with zero attached hydrogens (tertiary/aromatic N) is 2. The fraction of sp³-hybridized carbons (Fsp3) is 0.143. The van der Waals surface area contributed by atoms with Crippen LogP contribution in [0.3, 0.4) is 0 Å². The first kappa shape index (κ1) is 16.1. The number of rotatable bonds is 3. The van der Waals surface area contributed by atoms with Crippen molar-refractivity contribution in [2.75, 3.05) is 6.61 Å².